The van der Waals surface area contributed by atoms with E-state index in [0.29, 0.717) is 36.5 Å². The summed E-state index contributed by atoms with van der Waals surface area (Å²) in [4.78, 5) is 33.9. The first-order valence-electron chi connectivity index (χ1n) is 11.6. The molecule has 35 heavy (non-hydrogen) atoms. The minimum atomic E-state index is -0.122. The maximum atomic E-state index is 13.5. The highest BCUT2D eigenvalue weighted by Crippen LogP contribution is 2.29. The number of anilines is 1. The van der Waals surface area contributed by atoms with Crippen LogP contribution in [0.15, 0.2) is 67.0 Å². The summed E-state index contributed by atoms with van der Waals surface area (Å²) in [5.41, 5.74) is 4.02. The van der Waals surface area contributed by atoms with Gasteiger partial charge in [-0.25, -0.2) is 0 Å². The van der Waals surface area contributed by atoms with Crippen LogP contribution in [0.3, 0.4) is 0 Å². The molecule has 1 atom stereocenters. The number of hydrogen-bond acceptors (Lipinski definition) is 6. The van der Waals surface area contributed by atoms with Crippen LogP contribution in [0, 0.1) is 0 Å². The summed E-state index contributed by atoms with van der Waals surface area (Å²) in [6, 6.07) is 16.9. The van der Waals surface area contributed by atoms with Crippen molar-refractivity contribution in [2.75, 3.05) is 46.2 Å². The zero-order valence-corrected chi connectivity index (χ0v) is 20.3. The number of nitrogens with one attached hydrogen (secondary N) is 2. The van der Waals surface area contributed by atoms with Crippen molar-refractivity contribution in [3.05, 3.63) is 89.2 Å². The van der Waals surface area contributed by atoms with Crippen LogP contribution in [0.25, 0.3) is 0 Å². The largest absolute Gasteiger partial charge is 0.495 e. The van der Waals surface area contributed by atoms with Crippen molar-refractivity contribution < 1.29 is 14.3 Å². The van der Waals surface area contributed by atoms with Gasteiger partial charge in [0.15, 0.2) is 0 Å². The molecule has 1 aliphatic heterocycles. The van der Waals surface area contributed by atoms with Crippen molar-refractivity contribution in [3.8, 4) is 5.75 Å². The minimum Gasteiger partial charge on any atom is -0.495 e. The number of carbonyl (C=O) groups excluding carboxylic acids is 2. The molecule has 0 aliphatic carbocycles. The van der Waals surface area contributed by atoms with Crippen molar-refractivity contribution in [3.63, 3.8) is 0 Å². The number of ether oxygens (including phenoxy) is 1. The molecule has 3 aromatic rings. The Bertz CT molecular complexity index is 1180. The second-order valence-corrected chi connectivity index (χ2v) is 8.58. The number of aromatic nitrogens is 1. The normalized spacial score (nSPS) is 16.0. The Labute approximate surface area is 205 Å². The van der Waals surface area contributed by atoms with Crippen LogP contribution in [0.4, 0.5) is 5.69 Å². The lowest BCUT2D eigenvalue weighted by Crippen LogP contribution is -2.49. The maximum absolute atomic E-state index is 13.5. The average molecular weight is 474 g/mol. The summed E-state index contributed by atoms with van der Waals surface area (Å²) in [6.45, 7) is 2.48. The summed E-state index contributed by atoms with van der Waals surface area (Å²) in [6.07, 6.45) is 3.54. The SMILES string of the molecule is CNC(=O)c1cccc(C2CN(C(=O)c3ccc(OC)c(NCc4cccnc4)c3)CCN2C)c1. The van der Waals surface area contributed by atoms with Crippen LogP contribution < -0.4 is 15.4 Å². The van der Waals surface area contributed by atoms with E-state index in [0.717, 1.165) is 23.4 Å². The van der Waals surface area contributed by atoms with E-state index in [9.17, 15) is 9.59 Å². The molecule has 4 rings (SSSR count). The summed E-state index contributed by atoms with van der Waals surface area (Å²) in [7, 11) is 5.29. The fourth-order valence-electron chi connectivity index (χ4n) is 4.31. The second-order valence-electron chi connectivity index (χ2n) is 8.58. The first kappa shape index (κ1) is 24.2. The van der Waals surface area contributed by atoms with Gasteiger partial charge in [-0.15, -0.1) is 0 Å². The Morgan fingerprint density at radius 2 is 1.94 bits per heavy atom. The van der Waals surface area contributed by atoms with E-state index in [1.807, 2.05) is 54.4 Å². The molecule has 2 N–H and O–H groups in total. The summed E-state index contributed by atoms with van der Waals surface area (Å²) in [5, 5.41) is 6.03. The predicted molar refractivity (Wildman–Crippen MR) is 136 cm³/mol. The first-order chi connectivity index (χ1) is 17.0. The standard InChI is InChI=1S/C27H31N5O3/c1-28-26(33)21-8-4-7-20(14-21)24-18-32(13-12-31(24)2)27(34)22-9-10-25(35-3)23(15-22)30-17-19-6-5-11-29-16-19/h4-11,14-16,24,30H,12-13,17-18H2,1-3H3,(H,28,33). The van der Waals surface area contributed by atoms with Crippen molar-refractivity contribution in [2.45, 2.75) is 12.6 Å². The fourth-order valence-corrected chi connectivity index (χ4v) is 4.31. The number of pyridine rings is 1. The van der Waals surface area contributed by atoms with Crippen molar-refractivity contribution in [1.29, 1.82) is 0 Å². The van der Waals surface area contributed by atoms with E-state index in [1.165, 1.54) is 0 Å². The third-order valence-corrected chi connectivity index (χ3v) is 6.35. The van der Waals surface area contributed by atoms with E-state index in [1.54, 1.807) is 38.7 Å². The molecule has 2 heterocycles. The lowest BCUT2D eigenvalue weighted by atomic mass is 9.99. The smallest absolute Gasteiger partial charge is 0.254 e. The van der Waals surface area contributed by atoms with Crippen molar-refractivity contribution in [1.82, 2.24) is 20.1 Å². The van der Waals surface area contributed by atoms with Gasteiger partial charge in [0.2, 0.25) is 0 Å². The van der Waals surface area contributed by atoms with Gasteiger partial charge in [0.05, 0.1) is 18.8 Å². The van der Waals surface area contributed by atoms with Crippen LogP contribution in [-0.4, -0.2) is 67.4 Å². The molecule has 0 saturated carbocycles. The van der Waals surface area contributed by atoms with E-state index in [-0.39, 0.29) is 17.9 Å². The zero-order valence-electron chi connectivity index (χ0n) is 20.3. The first-order valence-corrected chi connectivity index (χ1v) is 11.6. The fraction of sp³-hybridized carbons (Fsp3) is 0.296. The molecule has 0 spiro atoms. The number of nitrogens with zero attached hydrogens (tertiary/aromatic N) is 3. The number of amides is 2. The number of carbonyl (C=O) groups is 2. The van der Waals surface area contributed by atoms with Crippen LogP contribution in [0.2, 0.25) is 0 Å². The van der Waals surface area contributed by atoms with Crippen LogP contribution >= 0.6 is 0 Å². The molecule has 8 nitrogen and oxygen atoms in total. The second kappa shape index (κ2) is 11.0. The number of piperazine rings is 1. The monoisotopic (exact) mass is 473 g/mol. The molecule has 1 aromatic heterocycles. The molecule has 1 unspecified atom stereocenters. The Morgan fingerprint density at radius 1 is 1.09 bits per heavy atom. The molecule has 2 aromatic carbocycles. The highest BCUT2D eigenvalue weighted by Gasteiger charge is 2.29. The molecule has 0 bridgehead atoms. The topological polar surface area (TPSA) is 86.8 Å². The van der Waals surface area contributed by atoms with Gasteiger partial charge in [-0.2, -0.15) is 0 Å². The van der Waals surface area contributed by atoms with E-state index in [4.69, 9.17) is 4.74 Å². The van der Waals surface area contributed by atoms with Crippen LogP contribution in [-0.2, 0) is 6.54 Å². The summed E-state index contributed by atoms with van der Waals surface area (Å²) < 4.78 is 5.50. The van der Waals surface area contributed by atoms with Gasteiger partial charge in [0, 0.05) is 56.7 Å². The molecular formula is C27H31N5O3. The van der Waals surface area contributed by atoms with Gasteiger partial charge in [0.25, 0.3) is 11.8 Å². The van der Waals surface area contributed by atoms with Gasteiger partial charge >= 0.3 is 0 Å². The number of likely N-dealkylation sites (N-methyl/N-ethyl adjacent to an activating group) is 1. The number of rotatable bonds is 7. The lowest BCUT2D eigenvalue weighted by Gasteiger charge is -2.40. The lowest BCUT2D eigenvalue weighted by molar-refractivity contribution is 0.0545. The quantitative estimate of drug-likeness (QED) is 0.548. The molecule has 1 aliphatic rings. The van der Waals surface area contributed by atoms with E-state index < -0.39 is 0 Å². The Hall–Kier alpha value is -3.91. The highest BCUT2D eigenvalue weighted by molar-refractivity contribution is 5.96. The van der Waals surface area contributed by atoms with Gasteiger partial charge in [0.1, 0.15) is 5.75 Å². The van der Waals surface area contributed by atoms with Gasteiger partial charge in [-0.05, 0) is 54.6 Å². The third-order valence-electron chi connectivity index (χ3n) is 6.35. The molecule has 0 radical (unpaired) electrons. The molecule has 8 heteroatoms. The number of hydrogen-bond donors (Lipinski definition) is 2. The maximum Gasteiger partial charge on any atom is 0.254 e. The third kappa shape index (κ3) is 5.60. The van der Waals surface area contributed by atoms with Crippen molar-refractivity contribution >= 4 is 17.5 Å². The summed E-state index contributed by atoms with van der Waals surface area (Å²) >= 11 is 0. The van der Waals surface area contributed by atoms with Crippen molar-refractivity contribution in [2.24, 2.45) is 0 Å². The predicted octanol–water partition coefficient (Wildman–Crippen LogP) is 3.19. The number of benzene rings is 2. The minimum absolute atomic E-state index is 0.00118. The zero-order chi connectivity index (χ0) is 24.8. The van der Waals surface area contributed by atoms with Gasteiger partial charge in [-0.1, -0.05) is 18.2 Å². The van der Waals surface area contributed by atoms with E-state index in [2.05, 4.69) is 20.5 Å². The van der Waals surface area contributed by atoms with Crippen LogP contribution in [0.1, 0.15) is 37.9 Å². The average Bonchev–Trinajstić information content (AvgIpc) is 2.91. The molecule has 2 amide bonds. The summed E-state index contributed by atoms with van der Waals surface area (Å²) in [5.74, 6) is 0.521. The Morgan fingerprint density at radius 3 is 2.69 bits per heavy atom. The number of methoxy groups -OCH3 is 1. The van der Waals surface area contributed by atoms with Gasteiger partial charge in [-0.3, -0.25) is 19.5 Å². The van der Waals surface area contributed by atoms with E-state index >= 15 is 0 Å². The molecule has 1 saturated heterocycles. The molecular weight excluding hydrogens is 442 g/mol. The molecule has 182 valence electrons. The Kier molecular flexibility index (Phi) is 7.62. The van der Waals surface area contributed by atoms with Gasteiger partial charge < -0.3 is 20.3 Å². The highest BCUT2D eigenvalue weighted by atomic mass is 16.5. The Balaban J connectivity index is 1.52. The van der Waals surface area contributed by atoms with Crippen LogP contribution in [0.5, 0.6) is 5.75 Å². The molecule has 1 fully saturated rings.